The molecule has 4 aliphatic rings. The van der Waals surface area contributed by atoms with Gasteiger partial charge in [-0.25, -0.2) is 0 Å². The average molecular weight is 202 g/mol. The SMILES string of the molecule is CCCC1CC2=C3C4CCC(C4)C3C1C2. The minimum absolute atomic E-state index is 1.07. The van der Waals surface area contributed by atoms with Crippen LogP contribution in [-0.2, 0) is 0 Å². The molecule has 0 radical (unpaired) electrons. The fraction of sp³-hybridized carbons (Fsp3) is 0.867. The standard InChI is InChI=1S/C15H22/c1-2-3-9-6-12-8-13(9)15-11-5-4-10(7-11)14(12)15/h9-11,13,15H,2-8H2,1H3. The van der Waals surface area contributed by atoms with Crippen molar-refractivity contribution < 1.29 is 0 Å². The Morgan fingerprint density at radius 2 is 2.13 bits per heavy atom. The van der Waals surface area contributed by atoms with Gasteiger partial charge in [-0.05, 0) is 61.7 Å². The number of fused-ring (bicyclic) bond motifs is 8. The molecule has 0 heterocycles. The second-order valence-corrected chi connectivity index (χ2v) is 6.48. The third-order valence-electron chi connectivity index (χ3n) is 5.91. The van der Waals surface area contributed by atoms with Crippen molar-refractivity contribution in [3.05, 3.63) is 11.1 Å². The van der Waals surface area contributed by atoms with Crippen LogP contribution < -0.4 is 0 Å². The molecular formula is C15H22. The Bertz CT molecular complexity index is 325. The molecule has 0 aromatic carbocycles. The zero-order chi connectivity index (χ0) is 9.99. The molecule has 15 heavy (non-hydrogen) atoms. The zero-order valence-corrected chi connectivity index (χ0v) is 9.84. The Kier molecular flexibility index (Phi) is 1.71. The van der Waals surface area contributed by atoms with Crippen molar-refractivity contribution in [2.24, 2.45) is 29.6 Å². The zero-order valence-electron chi connectivity index (χ0n) is 9.84. The van der Waals surface area contributed by atoms with Crippen molar-refractivity contribution in [2.75, 3.05) is 0 Å². The van der Waals surface area contributed by atoms with Gasteiger partial charge in [0.05, 0.1) is 0 Å². The minimum atomic E-state index is 1.07. The topological polar surface area (TPSA) is 0 Å². The van der Waals surface area contributed by atoms with E-state index in [0.717, 1.165) is 29.6 Å². The maximum atomic E-state index is 2.36. The summed E-state index contributed by atoms with van der Waals surface area (Å²) < 4.78 is 0. The van der Waals surface area contributed by atoms with Crippen LogP contribution in [0.1, 0.15) is 51.9 Å². The van der Waals surface area contributed by atoms with Crippen LogP contribution in [-0.4, -0.2) is 0 Å². The molecule has 5 unspecified atom stereocenters. The van der Waals surface area contributed by atoms with E-state index in [2.05, 4.69) is 6.92 Å². The molecule has 0 aromatic rings. The highest BCUT2D eigenvalue weighted by Gasteiger charge is 2.55. The van der Waals surface area contributed by atoms with Crippen LogP contribution in [0.25, 0.3) is 0 Å². The molecule has 4 bridgehead atoms. The third kappa shape index (κ3) is 0.990. The first-order chi connectivity index (χ1) is 7.38. The van der Waals surface area contributed by atoms with Crippen LogP contribution >= 0.6 is 0 Å². The molecule has 3 saturated carbocycles. The molecule has 82 valence electrons. The predicted molar refractivity (Wildman–Crippen MR) is 62.5 cm³/mol. The third-order valence-corrected chi connectivity index (χ3v) is 5.91. The van der Waals surface area contributed by atoms with E-state index in [1.54, 1.807) is 19.3 Å². The smallest absolute Gasteiger partial charge is 0.0135 e. The summed E-state index contributed by atoms with van der Waals surface area (Å²) in [6.45, 7) is 2.36. The first kappa shape index (κ1) is 8.84. The lowest BCUT2D eigenvalue weighted by Crippen LogP contribution is -2.25. The number of allylic oxidation sites excluding steroid dienone is 2. The van der Waals surface area contributed by atoms with E-state index >= 15 is 0 Å². The van der Waals surface area contributed by atoms with Gasteiger partial charge in [0.25, 0.3) is 0 Å². The number of rotatable bonds is 2. The largest absolute Gasteiger partial charge is 0.0698 e. The summed E-state index contributed by atoms with van der Waals surface area (Å²) in [5.74, 6) is 5.52. The van der Waals surface area contributed by atoms with Crippen LogP contribution in [0.15, 0.2) is 11.1 Å². The lowest BCUT2D eigenvalue weighted by Gasteiger charge is -2.33. The lowest BCUT2D eigenvalue weighted by molar-refractivity contribution is 0.221. The molecule has 0 spiro atoms. The van der Waals surface area contributed by atoms with Crippen LogP contribution in [0.2, 0.25) is 0 Å². The van der Waals surface area contributed by atoms with Gasteiger partial charge in [-0.2, -0.15) is 0 Å². The van der Waals surface area contributed by atoms with Gasteiger partial charge in [-0.15, -0.1) is 0 Å². The summed E-state index contributed by atoms with van der Waals surface area (Å²) in [6.07, 6.45) is 10.6. The molecule has 4 aliphatic carbocycles. The summed E-state index contributed by atoms with van der Waals surface area (Å²) in [7, 11) is 0. The van der Waals surface area contributed by atoms with Gasteiger partial charge in [-0.1, -0.05) is 30.9 Å². The van der Waals surface area contributed by atoms with E-state index in [1.807, 2.05) is 11.1 Å². The van der Waals surface area contributed by atoms with Crippen LogP contribution in [0, 0.1) is 29.6 Å². The van der Waals surface area contributed by atoms with Gasteiger partial charge < -0.3 is 0 Å². The van der Waals surface area contributed by atoms with Gasteiger partial charge in [0.15, 0.2) is 0 Å². The molecule has 0 saturated heterocycles. The van der Waals surface area contributed by atoms with Gasteiger partial charge in [-0.3, -0.25) is 0 Å². The first-order valence-corrected chi connectivity index (χ1v) is 7.10. The number of hydrogen-bond donors (Lipinski definition) is 0. The summed E-state index contributed by atoms with van der Waals surface area (Å²) in [5, 5.41) is 0. The van der Waals surface area contributed by atoms with Crippen molar-refractivity contribution in [3.63, 3.8) is 0 Å². The fourth-order valence-electron chi connectivity index (χ4n) is 5.60. The molecule has 0 heteroatoms. The van der Waals surface area contributed by atoms with Crippen LogP contribution in [0.4, 0.5) is 0 Å². The number of hydrogen-bond acceptors (Lipinski definition) is 0. The van der Waals surface area contributed by atoms with E-state index < -0.39 is 0 Å². The van der Waals surface area contributed by atoms with Crippen LogP contribution in [0.5, 0.6) is 0 Å². The van der Waals surface area contributed by atoms with Crippen molar-refractivity contribution in [2.45, 2.75) is 51.9 Å². The monoisotopic (exact) mass is 202 g/mol. The second-order valence-electron chi connectivity index (χ2n) is 6.48. The summed E-state index contributed by atoms with van der Waals surface area (Å²) in [4.78, 5) is 0. The molecule has 0 N–H and O–H groups in total. The quantitative estimate of drug-likeness (QED) is 0.590. The summed E-state index contributed by atoms with van der Waals surface area (Å²) in [6, 6.07) is 0. The second kappa shape index (κ2) is 2.90. The van der Waals surface area contributed by atoms with E-state index in [9.17, 15) is 0 Å². The summed E-state index contributed by atoms with van der Waals surface area (Å²) in [5.41, 5.74) is 3.97. The highest BCUT2D eigenvalue weighted by molar-refractivity contribution is 5.37. The molecule has 0 aliphatic heterocycles. The Hall–Kier alpha value is -0.260. The minimum Gasteiger partial charge on any atom is -0.0698 e. The van der Waals surface area contributed by atoms with E-state index in [1.165, 1.54) is 25.7 Å². The van der Waals surface area contributed by atoms with Crippen molar-refractivity contribution in [1.29, 1.82) is 0 Å². The Labute approximate surface area is 93.1 Å². The first-order valence-electron chi connectivity index (χ1n) is 7.10. The van der Waals surface area contributed by atoms with E-state index in [4.69, 9.17) is 0 Å². The molecule has 0 nitrogen and oxygen atoms in total. The van der Waals surface area contributed by atoms with E-state index in [-0.39, 0.29) is 0 Å². The maximum Gasteiger partial charge on any atom is -0.0135 e. The molecular weight excluding hydrogens is 180 g/mol. The molecule has 3 fully saturated rings. The fourth-order valence-corrected chi connectivity index (χ4v) is 5.60. The van der Waals surface area contributed by atoms with E-state index in [0.29, 0.717) is 0 Å². The van der Waals surface area contributed by atoms with Gasteiger partial charge >= 0.3 is 0 Å². The Morgan fingerprint density at radius 3 is 3.00 bits per heavy atom. The molecule has 0 amide bonds. The van der Waals surface area contributed by atoms with Crippen LogP contribution in [0.3, 0.4) is 0 Å². The van der Waals surface area contributed by atoms with Crippen molar-refractivity contribution in [3.8, 4) is 0 Å². The highest BCUT2D eigenvalue weighted by atomic mass is 14.6. The lowest BCUT2D eigenvalue weighted by atomic mass is 9.71. The highest BCUT2D eigenvalue weighted by Crippen LogP contribution is 2.66. The van der Waals surface area contributed by atoms with Gasteiger partial charge in [0.2, 0.25) is 0 Å². The van der Waals surface area contributed by atoms with Crippen molar-refractivity contribution >= 4 is 0 Å². The molecule has 0 aromatic heterocycles. The van der Waals surface area contributed by atoms with Gasteiger partial charge in [0.1, 0.15) is 0 Å². The Morgan fingerprint density at radius 1 is 1.20 bits per heavy atom. The van der Waals surface area contributed by atoms with Crippen molar-refractivity contribution in [1.82, 2.24) is 0 Å². The molecule has 4 rings (SSSR count). The Balaban J connectivity index is 1.69. The summed E-state index contributed by atoms with van der Waals surface area (Å²) >= 11 is 0. The average Bonchev–Trinajstić information content (AvgIpc) is 2.95. The predicted octanol–water partition coefficient (Wildman–Crippen LogP) is 4.17. The van der Waals surface area contributed by atoms with Gasteiger partial charge in [0, 0.05) is 0 Å². The normalized spacial score (nSPS) is 50.6. The maximum absolute atomic E-state index is 2.36. The molecule has 5 atom stereocenters.